The number of amides is 2. The van der Waals surface area contributed by atoms with Gasteiger partial charge in [0.2, 0.25) is 23.2 Å². The molecule has 1 aromatic rings. The van der Waals surface area contributed by atoms with Gasteiger partial charge in [-0.15, -0.1) is 24.8 Å². The molecule has 2 atom stereocenters. The standard InChI is InChI=1S/C22H19N3O8.2ClH.H2O/c1-24-7-13(27)25-11-3-2-8-4-9-5-10-6-12(26)16(21(23)32)20(31)22(10,33)19(30)15(9)18(29)14(8)17(11)28;;;/h2-6,16,24,26,28,30,33H,7H2,1H3,(H2,23,32)(H,25,27);2*1H;1H2. The van der Waals surface area contributed by atoms with Gasteiger partial charge in [0.1, 0.15) is 11.5 Å². The SMILES string of the molecule is CNCC(=O)Nc1ccc2c(c1O)C(=O)C1=C(O)C3(O)C(=O)C(C(N)=O)C(O)=CC3=CC1=C2.Cl.Cl.O. The Morgan fingerprint density at radius 2 is 1.72 bits per heavy atom. The Morgan fingerprint density at radius 3 is 2.31 bits per heavy atom. The van der Waals surface area contributed by atoms with Gasteiger partial charge in [-0.2, -0.15) is 0 Å². The number of allylic oxidation sites excluding steroid dienone is 3. The number of nitrogens with one attached hydrogen (secondary N) is 2. The number of nitrogens with two attached hydrogens (primary N) is 1. The number of rotatable bonds is 4. The molecular weight excluding hydrogens is 521 g/mol. The third-order valence-electron chi connectivity index (χ3n) is 5.69. The van der Waals surface area contributed by atoms with E-state index >= 15 is 0 Å². The highest BCUT2D eigenvalue weighted by Crippen LogP contribution is 2.47. The zero-order chi connectivity index (χ0) is 24.2. The summed E-state index contributed by atoms with van der Waals surface area (Å²) in [5, 5.41) is 47.8. The van der Waals surface area contributed by atoms with E-state index in [1.165, 1.54) is 24.3 Å². The molecule has 0 radical (unpaired) electrons. The molecule has 0 saturated carbocycles. The first-order valence-corrected chi connectivity index (χ1v) is 9.72. The molecule has 194 valence electrons. The van der Waals surface area contributed by atoms with Crippen molar-refractivity contribution in [3.63, 3.8) is 0 Å². The fourth-order valence-electron chi connectivity index (χ4n) is 4.13. The number of likely N-dealkylation sites (N-methyl/N-ethyl adjacent to an activating group) is 1. The van der Waals surface area contributed by atoms with Gasteiger partial charge in [0.05, 0.1) is 23.4 Å². The first kappa shape index (κ1) is 30.4. The lowest BCUT2D eigenvalue weighted by Gasteiger charge is -2.38. The number of anilines is 1. The number of carbonyl (C=O) groups is 4. The van der Waals surface area contributed by atoms with Crippen molar-refractivity contribution in [1.82, 2.24) is 5.32 Å². The number of aliphatic hydroxyl groups is 3. The van der Waals surface area contributed by atoms with Crippen LogP contribution in [0.15, 0.2) is 52.5 Å². The second kappa shape index (κ2) is 10.5. The van der Waals surface area contributed by atoms with E-state index in [9.17, 15) is 39.6 Å². The Hall–Kier alpha value is -3.68. The number of phenols is 1. The zero-order valence-corrected chi connectivity index (χ0v) is 20.1. The molecular formula is C22H23Cl2N3O9. The maximum Gasteiger partial charge on any atom is 0.238 e. The van der Waals surface area contributed by atoms with Crippen LogP contribution in [0.4, 0.5) is 5.69 Å². The molecule has 0 aromatic heterocycles. The highest BCUT2D eigenvalue weighted by Gasteiger charge is 2.56. The number of aliphatic hydroxyl groups excluding tert-OH is 2. The number of hydrogen-bond acceptors (Lipinski definition) is 9. The Labute approximate surface area is 216 Å². The van der Waals surface area contributed by atoms with E-state index < -0.39 is 57.7 Å². The number of fused-ring (bicyclic) bond motifs is 3. The monoisotopic (exact) mass is 543 g/mol. The topological polar surface area (TPSA) is 231 Å². The zero-order valence-electron chi connectivity index (χ0n) is 18.5. The minimum absolute atomic E-state index is 0. The van der Waals surface area contributed by atoms with Crippen molar-refractivity contribution in [2.24, 2.45) is 11.7 Å². The predicted octanol–water partition coefficient (Wildman–Crippen LogP) is -0.242. The summed E-state index contributed by atoms with van der Waals surface area (Å²) in [6.45, 7) is -0.0510. The lowest BCUT2D eigenvalue weighted by molar-refractivity contribution is -0.142. The van der Waals surface area contributed by atoms with Crippen molar-refractivity contribution in [2.45, 2.75) is 5.60 Å². The number of carbonyl (C=O) groups excluding carboxylic acids is 4. The molecule has 36 heavy (non-hydrogen) atoms. The second-order valence-corrected chi connectivity index (χ2v) is 7.74. The van der Waals surface area contributed by atoms with Crippen molar-refractivity contribution < 1.29 is 45.1 Å². The summed E-state index contributed by atoms with van der Waals surface area (Å²) in [5.41, 5.74) is 1.65. The van der Waals surface area contributed by atoms with Gasteiger partial charge in [-0.05, 0) is 42.5 Å². The van der Waals surface area contributed by atoms with Crippen LogP contribution in [0.1, 0.15) is 15.9 Å². The van der Waals surface area contributed by atoms with Crippen LogP contribution in [0.3, 0.4) is 0 Å². The molecule has 0 saturated heterocycles. The number of benzene rings is 1. The molecule has 3 aliphatic carbocycles. The first-order chi connectivity index (χ1) is 15.5. The van der Waals surface area contributed by atoms with Crippen molar-refractivity contribution >= 4 is 60.0 Å². The third-order valence-corrected chi connectivity index (χ3v) is 5.69. The van der Waals surface area contributed by atoms with E-state index in [0.717, 1.165) is 6.08 Å². The summed E-state index contributed by atoms with van der Waals surface area (Å²) in [4.78, 5) is 49.7. The molecule has 0 fully saturated rings. The Bertz CT molecular complexity index is 1300. The summed E-state index contributed by atoms with van der Waals surface area (Å²) in [7, 11) is 1.55. The smallest absolute Gasteiger partial charge is 0.238 e. The van der Waals surface area contributed by atoms with Crippen LogP contribution < -0.4 is 16.4 Å². The molecule has 0 bridgehead atoms. The normalized spacial score (nSPS) is 21.6. The van der Waals surface area contributed by atoms with E-state index in [-0.39, 0.29) is 64.8 Å². The summed E-state index contributed by atoms with van der Waals surface area (Å²) in [6.07, 6.45) is 3.56. The average Bonchev–Trinajstić information content (AvgIpc) is 2.72. The highest BCUT2D eigenvalue weighted by atomic mass is 35.5. The number of Topliss-reactive ketones (excluding diaryl/α,β-unsaturated/α-hetero) is 2. The van der Waals surface area contributed by atoms with E-state index in [4.69, 9.17) is 5.73 Å². The van der Waals surface area contributed by atoms with Gasteiger partial charge in [-0.25, -0.2) is 0 Å². The lowest BCUT2D eigenvalue weighted by Crippen LogP contribution is -2.54. The van der Waals surface area contributed by atoms with Gasteiger partial charge >= 0.3 is 0 Å². The van der Waals surface area contributed by atoms with E-state index in [1.807, 2.05) is 0 Å². The number of hydrogen-bond donors (Lipinski definition) is 7. The summed E-state index contributed by atoms with van der Waals surface area (Å²) >= 11 is 0. The molecule has 4 rings (SSSR count). The van der Waals surface area contributed by atoms with Gasteiger partial charge in [0.25, 0.3) is 0 Å². The summed E-state index contributed by atoms with van der Waals surface area (Å²) in [6, 6.07) is 2.85. The van der Waals surface area contributed by atoms with Crippen LogP contribution >= 0.6 is 24.8 Å². The maximum atomic E-state index is 13.3. The fraction of sp³-hybridized carbons (Fsp3) is 0.182. The van der Waals surface area contributed by atoms with Gasteiger partial charge in [0.15, 0.2) is 17.5 Å². The molecule has 10 N–H and O–H groups in total. The Kier molecular flexibility index (Phi) is 8.87. The number of aromatic hydroxyl groups is 1. The largest absolute Gasteiger partial charge is 0.511 e. The molecule has 1 aromatic carbocycles. The molecule has 2 unspecified atom stereocenters. The number of phenolic OH excluding ortho intramolecular Hbond substituents is 1. The van der Waals surface area contributed by atoms with Crippen LogP contribution in [-0.4, -0.2) is 68.5 Å². The quantitative estimate of drug-likeness (QED) is 0.196. The predicted molar refractivity (Wildman–Crippen MR) is 132 cm³/mol. The number of ketones is 2. The fourth-order valence-corrected chi connectivity index (χ4v) is 4.13. The number of halogens is 2. The molecule has 14 heteroatoms. The van der Waals surface area contributed by atoms with Gasteiger partial charge in [0, 0.05) is 5.57 Å². The molecule has 0 aliphatic heterocycles. The van der Waals surface area contributed by atoms with Crippen LogP contribution in [0.25, 0.3) is 6.08 Å². The average molecular weight is 544 g/mol. The van der Waals surface area contributed by atoms with E-state index in [0.29, 0.717) is 0 Å². The van der Waals surface area contributed by atoms with Gasteiger partial charge in [-0.1, -0.05) is 6.07 Å². The minimum Gasteiger partial charge on any atom is -0.511 e. The molecule has 12 nitrogen and oxygen atoms in total. The van der Waals surface area contributed by atoms with Crippen LogP contribution in [-0.2, 0) is 14.4 Å². The van der Waals surface area contributed by atoms with E-state index in [1.54, 1.807) is 7.05 Å². The van der Waals surface area contributed by atoms with Crippen molar-refractivity contribution in [3.05, 3.63) is 63.6 Å². The van der Waals surface area contributed by atoms with Gasteiger partial charge in [-0.3, -0.25) is 19.2 Å². The van der Waals surface area contributed by atoms with Crippen molar-refractivity contribution in [1.29, 1.82) is 0 Å². The minimum atomic E-state index is -2.81. The molecule has 0 heterocycles. The van der Waals surface area contributed by atoms with Crippen LogP contribution in [0.2, 0.25) is 0 Å². The van der Waals surface area contributed by atoms with E-state index in [2.05, 4.69) is 10.6 Å². The molecule has 3 aliphatic rings. The maximum absolute atomic E-state index is 13.3. The summed E-state index contributed by atoms with van der Waals surface area (Å²) in [5.74, 6) is -8.23. The second-order valence-electron chi connectivity index (χ2n) is 7.74. The van der Waals surface area contributed by atoms with Crippen molar-refractivity contribution in [2.75, 3.05) is 18.9 Å². The van der Waals surface area contributed by atoms with Crippen LogP contribution in [0, 0.1) is 5.92 Å². The highest BCUT2D eigenvalue weighted by molar-refractivity contribution is 6.22. The Balaban J connectivity index is 0.00000216. The summed E-state index contributed by atoms with van der Waals surface area (Å²) < 4.78 is 0. The van der Waals surface area contributed by atoms with Crippen molar-refractivity contribution in [3.8, 4) is 5.75 Å². The van der Waals surface area contributed by atoms with Crippen LogP contribution in [0.5, 0.6) is 5.75 Å². The Morgan fingerprint density at radius 1 is 1.08 bits per heavy atom. The molecule has 2 amide bonds. The third kappa shape index (κ3) is 4.25. The first-order valence-electron chi connectivity index (χ1n) is 9.72. The van der Waals surface area contributed by atoms with Gasteiger partial charge < -0.3 is 42.3 Å². The number of primary amides is 1. The molecule has 0 spiro atoms. The lowest BCUT2D eigenvalue weighted by atomic mass is 9.68.